The molecule has 12 heavy (non-hydrogen) atoms. The van der Waals surface area contributed by atoms with Gasteiger partial charge in [0.1, 0.15) is 0 Å². The molecular formula is C11H17N. The minimum absolute atomic E-state index is 0.616. The summed E-state index contributed by atoms with van der Waals surface area (Å²) >= 11 is 0. The van der Waals surface area contributed by atoms with Crippen molar-refractivity contribution in [2.24, 2.45) is 0 Å². The zero-order valence-electron chi connectivity index (χ0n) is 8.15. The van der Waals surface area contributed by atoms with E-state index in [0.29, 0.717) is 5.71 Å². The van der Waals surface area contributed by atoms with Gasteiger partial charge in [0.05, 0.1) is 0 Å². The number of allylic oxidation sites excluding steroid dienone is 5. The fraction of sp³-hybridized carbons (Fsp3) is 0.364. The molecule has 0 bridgehead atoms. The Morgan fingerprint density at radius 3 is 2.25 bits per heavy atom. The van der Waals surface area contributed by atoms with Gasteiger partial charge in [-0.25, -0.2) is 0 Å². The van der Waals surface area contributed by atoms with Crippen molar-refractivity contribution in [3.05, 3.63) is 36.0 Å². The van der Waals surface area contributed by atoms with Crippen molar-refractivity contribution >= 4 is 5.71 Å². The van der Waals surface area contributed by atoms with Gasteiger partial charge in [-0.05, 0) is 31.4 Å². The quantitative estimate of drug-likeness (QED) is 0.484. The second-order valence-corrected chi connectivity index (χ2v) is 2.77. The number of hydrogen-bond acceptors (Lipinski definition) is 1. The Kier molecular flexibility index (Phi) is 5.02. The molecule has 0 spiro atoms. The number of rotatable bonds is 4. The molecule has 0 aliphatic carbocycles. The predicted molar refractivity (Wildman–Crippen MR) is 55.7 cm³/mol. The summed E-state index contributed by atoms with van der Waals surface area (Å²) in [5.74, 6) is 0. The summed E-state index contributed by atoms with van der Waals surface area (Å²) in [5, 5.41) is 7.34. The first-order chi connectivity index (χ1) is 5.61. The molecule has 0 heterocycles. The fourth-order valence-electron chi connectivity index (χ4n) is 0.687. The van der Waals surface area contributed by atoms with Crippen LogP contribution in [0.1, 0.15) is 27.2 Å². The summed E-state index contributed by atoms with van der Waals surface area (Å²) < 4.78 is 0. The van der Waals surface area contributed by atoms with Crippen molar-refractivity contribution in [2.45, 2.75) is 27.2 Å². The maximum atomic E-state index is 7.34. The standard InChI is InChI=1S/C11H17N/c1-5-11(6-2)8-7-9(3)10(4)12/h5,7-8,12H,1,6H2,2-4H3/b9-7+,11-8+,12-10?. The second kappa shape index (κ2) is 5.53. The Hall–Kier alpha value is -1.11. The maximum absolute atomic E-state index is 7.34. The zero-order valence-corrected chi connectivity index (χ0v) is 8.15. The van der Waals surface area contributed by atoms with Crippen LogP contribution in [0.25, 0.3) is 0 Å². The van der Waals surface area contributed by atoms with Crippen LogP contribution in [-0.2, 0) is 0 Å². The van der Waals surface area contributed by atoms with Gasteiger partial charge in [0, 0.05) is 5.71 Å². The largest absolute Gasteiger partial charge is 0.305 e. The molecule has 1 nitrogen and oxygen atoms in total. The highest BCUT2D eigenvalue weighted by Crippen LogP contribution is 2.03. The number of hydrogen-bond donors (Lipinski definition) is 1. The van der Waals surface area contributed by atoms with Gasteiger partial charge >= 0.3 is 0 Å². The van der Waals surface area contributed by atoms with Gasteiger partial charge in [-0.1, -0.05) is 31.7 Å². The molecule has 1 N–H and O–H groups in total. The lowest BCUT2D eigenvalue weighted by Crippen LogP contribution is -1.88. The monoisotopic (exact) mass is 163 g/mol. The molecule has 0 aromatic carbocycles. The van der Waals surface area contributed by atoms with Crippen LogP contribution in [0, 0.1) is 5.41 Å². The molecular weight excluding hydrogens is 146 g/mol. The topological polar surface area (TPSA) is 23.9 Å². The van der Waals surface area contributed by atoms with E-state index in [1.54, 1.807) is 6.92 Å². The van der Waals surface area contributed by atoms with E-state index in [1.807, 2.05) is 25.2 Å². The summed E-state index contributed by atoms with van der Waals surface area (Å²) in [6.07, 6.45) is 6.82. The molecule has 0 aromatic rings. The Bertz CT molecular complexity index is 225. The van der Waals surface area contributed by atoms with Gasteiger partial charge in [-0.3, -0.25) is 0 Å². The van der Waals surface area contributed by atoms with Gasteiger partial charge in [-0.15, -0.1) is 0 Å². The third kappa shape index (κ3) is 3.91. The molecule has 0 saturated carbocycles. The van der Waals surface area contributed by atoms with Crippen molar-refractivity contribution in [3.63, 3.8) is 0 Å². The van der Waals surface area contributed by atoms with Crippen molar-refractivity contribution < 1.29 is 0 Å². The van der Waals surface area contributed by atoms with E-state index in [1.165, 1.54) is 5.57 Å². The average Bonchev–Trinajstić information content (AvgIpc) is 2.05. The normalized spacial score (nSPS) is 12.9. The molecule has 1 heteroatoms. The fourth-order valence-corrected chi connectivity index (χ4v) is 0.687. The van der Waals surface area contributed by atoms with Gasteiger partial charge < -0.3 is 5.41 Å². The predicted octanol–water partition coefficient (Wildman–Crippen LogP) is 3.49. The van der Waals surface area contributed by atoms with E-state index in [0.717, 1.165) is 12.0 Å². The Labute approximate surface area is 75.0 Å². The van der Waals surface area contributed by atoms with Gasteiger partial charge in [0.15, 0.2) is 0 Å². The lowest BCUT2D eigenvalue weighted by Gasteiger charge is -1.95. The zero-order chi connectivity index (χ0) is 9.56. The van der Waals surface area contributed by atoms with E-state index in [4.69, 9.17) is 5.41 Å². The lowest BCUT2D eigenvalue weighted by atomic mass is 10.1. The lowest BCUT2D eigenvalue weighted by molar-refractivity contribution is 1.15. The van der Waals surface area contributed by atoms with Crippen LogP contribution in [-0.4, -0.2) is 5.71 Å². The SMILES string of the molecule is C=C/C(=C\C=C(/C)C(C)=N)CC. The summed E-state index contributed by atoms with van der Waals surface area (Å²) in [6, 6.07) is 0. The van der Waals surface area contributed by atoms with Crippen LogP contribution >= 0.6 is 0 Å². The third-order valence-electron chi connectivity index (χ3n) is 1.81. The summed E-state index contributed by atoms with van der Waals surface area (Å²) in [5.41, 5.74) is 2.82. The summed E-state index contributed by atoms with van der Waals surface area (Å²) in [7, 11) is 0. The van der Waals surface area contributed by atoms with Crippen LogP contribution < -0.4 is 0 Å². The minimum atomic E-state index is 0.616. The molecule has 0 atom stereocenters. The van der Waals surface area contributed by atoms with Crippen LogP contribution in [0.5, 0.6) is 0 Å². The highest BCUT2D eigenvalue weighted by atomic mass is 14.4. The highest BCUT2D eigenvalue weighted by Gasteiger charge is 1.89. The Balaban J connectivity index is 4.44. The van der Waals surface area contributed by atoms with Crippen LogP contribution in [0.4, 0.5) is 0 Å². The molecule has 0 aliphatic heterocycles. The van der Waals surface area contributed by atoms with E-state index < -0.39 is 0 Å². The first kappa shape index (κ1) is 10.9. The molecule has 0 fully saturated rings. The Morgan fingerprint density at radius 1 is 1.33 bits per heavy atom. The van der Waals surface area contributed by atoms with E-state index in [-0.39, 0.29) is 0 Å². The first-order valence-electron chi connectivity index (χ1n) is 4.17. The Morgan fingerprint density at radius 2 is 1.92 bits per heavy atom. The van der Waals surface area contributed by atoms with Gasteiger partial charge in [0.2, 0.25) is 0 Å². The van der Waals surface area contributed by atoms with Crippen LogP contribution in [0.15, 0.2) is 36.0 Å². The van der Waals surface area contributed by atoms with Crippen LogP contribution in [0.3, 0.4) is 0 Å². The number of nitrogens with one attached hydrogen (secondary N) is 1. The van der Waals surface area contributed by atoms with Crippen molar-refractivity contribution in [3.8, 4) is 0 Å². The van der Waals surface area contributed by atoms with Crippen molar-refractivity contribution in [1.82, 2.24) is 0 Å². The molecule has 0 rings (SSSR count). The van der Waals surface area contributed by atoms with Crippen LogP contribution in [0.2, 0.25) is 0 Å². The molecule has 0 unspecified atom stereocenters. The van der Waals surface area contributed by atoms with E-state index >= 15 is 0 Å². The summed E-state index contributed by atoms with van der Waals surface area (Å²) in [4.78, 5) is 0. The van der Waals surface area contributed by atoms with Gasteiger partial charge in [0.25, 0.3) is 0 Å². The molecule has 0 amide bonds. The minimum Gasteiger partial charge on any atom is -0.305 e. The van der Waals surface area contributed by atoms with Crippen molar-refractivity contribution in [1.29, 1.82) is 5.41 Å². The van der Waals surface area contributed by atoms with Gasteiger partial charge in [-0.2, -0.15) is 0 Å². The van der Waals surface area contributed by atoms with Crippen molar-refractivity contribution in [2.75, 3.05) is 0 Å². The molecule has 0 saturated heterocycles. The molecule has 0 radical (unpaired) electrons. The maximum Gasteiger partial charge on any atom is 0.0312 e. The first-order valence-corrected chi connectivity index (χ1v) is 4.17. The highest BCUT2D eigenvalue weighted by molar-refractivity contribution is 5.95. The molecule has 0 aliphatic rings. The third-order valence-corrected chi connectivity index (χ3v) is 1.81. The smallest absolute Gasteiger partial charge is 0.0312 e. The molecule has 0 aromatic heterocycles. The second-order valence-electron chi connectivity index (χ2n) is 2.77. The average molecular weight is 163 g/mol. The van der Waals surface area contributed by atoms with E-state index in [9.17, 15) is 0 Å². The van der Waals surface area contributed by atoms with E-state index in [2.05, 4.69) is 13.5 Å². The summed E-state index contributed by atoms with van der Waals surface area (Å²) in [6.45, 7) is 9.53. The molecule has 66 valence electrons.